The first-order valence-electron chi connectivity index (χ1n) is 24.3. The third-order valence-corrected chi connectivity index (χ3v) is 14.1. The average molecular weight is 1000 g/mol. The van der Waals surface area contributed by atoms with Crippen LogP contribution < -0.4 is 19.9 Å². The lowest BCUT2D eigenvalue weighted by Gasteiger charge is -2.41. The zero-order chi connectivity index (χ0) is 50.4. The van der Waals surface area contributed by atoms with Crippen LogP contribution in [0.25, 0.3) is 15.6 Å². The number of aliphatic carboxylic acids is 3. The van der Waals surface area contributed by atoms with E-state index in [4.69, 9.17) is 32.9 Å². The zero-order valence-corrected chi connectivity index (χ0v) is 40.9. The number of ether oxygens (including phenoxy) is 1. The topological polar surface area (TPSA) is 223 Å². The van der Waals surface area contributed by atoms with Crippen LogP contribution in [0, 0.1) is 6.57 Å². The molecule has 0 unspecified atom stereocenters. The van der Waals surface area contributed by atoms with E-state index in [2.05, 4.69) is 49.6 Å². The highest BCUT2D eigenvalue weighted by atomic mass is 35.5. The van der Waals surface area contributed by atoms with Gasteiger partial charge in [0.25, 0.3) is 0 Å². The van der Waals surface area contributed by atoms with Gasteiger partial charge < -0.3 is 44.9 Å². The molecule has 382 valence electrons. The standard InChI is InChI=1S/C49H65ClN12O9/c1-3-43(64)62-26-25-61(28-37(62)27-51-2)48-38-12-15-60(41-11-5-8-35-7-4-10-39(50)47(35)41)29-40(38)53-49(54-48)71-34-36-9-6-14-59(36)16-13-52-42(63)30-55-17-19-56(31-44(65)66)21-23-58(33-46(69)70)24-22-57(20-18-55)32-45(67)68/h3-5,7-8,10-11,36-37H,1,6,9,12-34H2,(H,52,63)(H,65,66)(H,67,68)(H,69,70)/t36-,37-/m0/s1. The molecule has 21 nitrogen and oxygen atoms in total. The molecular weight excluding hydrogens is 936 g/mol. The highest BCUT2D eigenvalue weighted by Gasteiger charge is 2.35. The van der Waals surface area contributed by atoms with Crippen LogP contribution in [0.15, 0.2) is 49.1 Å². The second-order valence-electron chi connectivity index (χ2n) is 18.5. The predicted octanol–water partition coefficient (Wildman–Crippen LogP) is 1.40. The lowest BCUT2D eigenvalue weighted by Crippen LogP contribution is -2.56. The normalized spacial score (nSPS) is 20.4. The van der Waals surface area contributed by atoms with Gasteiger partial charge in [-0.05, 0) is 49.4 Å². The number of amides is 2. The number of carboxylic acids is 3. The molecule has 4 aliphatic rings. The van der Waals surface area contributed by atoms with Crippen molar-refractivity contribution in [2.24, 2.45) is 0 Å². The number of halogens is 1. The van der Waals surface area contributed by atoms with Crippen molar-refractivity contribution in [1.82, 2.24) is 44.7 Å². The highest BCUT2D eigenvalue weighted by molar-refractivity contribution is 6.36. The lowest BCUT2D eigenvalue weighted by atomic mass is 10.0. The Morgan fingerprint density at radius 1 is 0.789 bits per heavy atom. The van der Waals surface area contributed by atoms with Gasteiger partial charge in [-0.1, -0.05) is 42.4 Å². The predicted molar refractivity (Wildman–Crippen MR) is 267 cm³/mol. The molecular formula is C49H65ClN12O9. The van der Waals surface area contributed by atoms with Crippen molar-refractivity contribution in [3.05, 3.63) is 76.8 Å². The number of fused-ring (bicyclic) bond motifs is 2. The van der Waals surface area contributed by atoms with Crippen molar-refractivity contribution in [2.75, 3.05) is 147 Å². The van der Waals surface area contributed by atoms with Gasteiger partial charge in [-0.2, -0.15) is 9.97 Å². The summed E-state index contributed by atoms with van der Waals surface area (Å²) in [7, 11) is 0. The van der Waals surface area contributed by atoms with E-state index in [1.54, 1.807) is 19.6 Å². The second-order valence-corrected chi connectivity index (χ2v) is 18.9. The van der Waals surface area contributed by atoms with E-state index < -0.39 is 17.9 Å². The minimum Gasteiger partial charge on any atom is -0.480 e. The van der Waals surface area contributed by atoms with Gasteiger partial charge in [0.05, 0.1) is 43.4 Å². The van der Waals surface area contributed by atoms with E-state index in [9.17, 15) is 39.3 Å². The molecule has 3 fully saturated rings. The van der Waals surface area contributed by atoms with E-state index in [-0.39, 0.29) is 75.7 Å². The molecule has 2 aromatic carbocycles. The maximum atomic E-state index is 13.5. The van der Waals surface area contributed by atoms with Gasteiger partial charge in [0.1, 0.15) is 18.5 Å². The Morgan fingerprint density at radius 2 is 1.41 bits per heavy atom. The Morgan fingerprint density at radius 3 is 2.01 bits per heavy atom. The fourth-order valence-electron chi connectivity index (χ4n) is 10.1. The number of benzene rings is 2. The second kappa shape index (κ2) is 25.3. The quantitative estimate of drug-likeness (QED) is 0.104. The van der Waals surface area contributed by atoms with Crippen molar-refractivity contribution in [1.29, 1.82) is 0 Å². The van der Waals surface area contributed by atoms with Gasteiger partial charge in [-0.15, -0.1) is 0 Å². The van der Waals surface area contributed by atoms with Gasteiger partial charge in [0.15, 0.2) is 0 Å². The zero-order valence-electron chi connectivity index (χ0n) is 40.2. The number of nitrogens with zero attached hydrogens (tertiary/aromatic N) is 11. The summed E-state index contributed by atoms with van der Waals surface area (Å²) in [6, 6.07) is 12.0. The largest absolute Gasteiger partial charge is 0.480 e. The summed E-state index contributed by atoms with van der Waals surface area (Å²) in [6.07, 6.45) is 3.77. The molecule has 0 saturated carbocycles. The SMILES string of the molecule is [C-]#[N+]C[C@H]1CN(c2nc(OC[C@@H]3CCCN3CCNC(=O)CN3CCN(CC(=O)O)CCN(CC(=O)O)CCN(CC(=O)O)CC3)nc3c2CCN(c2cccc4cccc(Cl)c24)C3)CCN1C(=O)C=C. The first-order chi connectivity index (χ1) is 34.3. The number of hydrogen-bond acceptors (Lipinski definition) is 15. The first-order valence-corrected chi connectivity index (χ1v) is 24.7. The van der Waals surface area contributed by atoms with Crippen LogP contribution >= 0.6 is 11.6 Å². The molecule has 22 heteroatoms. The number of rotatable bonds is 18. The first kappa shape index (κ1) is 52.7. The molecule has 0 radical (unpaired) electrons. The number of carbonyl (C=O) groups excluding carboxylic acids is 2. The molecule has 2 atom stereocenters. The fraction of sp³-hybridized carbons (Fsp3) is 0.551. The van der Waals surface area contributed by atoms with Crippen LogP contribution in [-0.2, 0) is 36.9 Å². The average Bonchev–Trinajstić information content (AvgIpc) is 3.80. The van der Waals surface area contributed by atoms with E-state index >= 15 is 0 Å². The van der Waals surface area contributed by atoms with Gasteiger partial charge in [0, 0.05) is 114 Å². The van der Waals surface area contributed by atoms with Crippen molar-refractivity contribution in [3.63, 3.8) is 0 Å². The minimum atomic E-state index is -1.02. The molecule has 4 aliphatic heterocycles. The van der Waals surface area contributed by atoms with E-state index in [0.29, 0.717) is 103 Å². The summed E-state index contributed by atoms with van der Waals surface area (Å²) in [4.78, 5) is 90.5. The summed E-state index contributed by atoms with van der Waals surface area (Å²) in [5.74, 6) is -2.72. The number of aromatic nitrogens is 2. The molecule has 3 aromatic rings. The summed E-state index contributed by atoms with van der Waals surface area (Å²) in [5.41, 5.74) is 2.86. The Kier molecular flexibility index (Phi) is 18.8. The Balaban J connectivity index is 1.00. The third kappa shape index (κ3) is 14.5. The van der Waals surface area contributed by atoms with Crippen molar-refractivity contribution in [2.45, 2.75) is 37.9 Å². The Hall–Kier alpha value is -6.15. The molecule has 5 heterocycles. The van der Waals surface area contributed by atoms with Crippen LogP contribution in [0.2, 0.25) is 5.02 Å². The van der Waals surface area contributed by atoms with Crippen LogP contribution in [-0.4, -0.2) is 234 Å². The third-order valence-electron chi connectivity index (χ3n) is 13.7. The van der Waals surface area contributed by atoms with Gasteiger partial charge in [-0.25, -0.2) is 6.57 Å². The number of carboxylic acid groups (broad SMARTS) is 3. The summed E-state index contributed by atoms with van der Waals surface area (Å²) in [6.45, 7) is 17.9. The molecule has 2 amide bonds. The molecule has 0 bridgehead atoms. The van der Waals surface area contributed by atoms with Crippen LogP contribution in [0.5, 0.6) is 6.01 Å². The molecule has 7 rings (SSSR count). The van der Waals surface area contributed by atoms with Crippen LogP contribution in [0.3, 0.4) is 0 Å². The van der Waals surface area contributed by atoms with E-state index in [1.165, 1.54) is 6.08 Å². The number of nitrogens with one attached hydrogen (secondary N) is 1. The molecule has 3 saturated heterocycles. The smallest absolute Gasteiger partial charge is 0.318 e. The van der Waals surface area contributed by atoms with E-state index in [1.807, 2.05) is 23.1 Å². The molecule has 0 aliphatic carbocycles. The van der Waals surface area contributed by atoms with Crippen molar-refractivity contribution < 1.29 is 44.0 Å². The van der Waals surface area contributed by atoms with Crippen LogP contribution in [0.1, 0.15) is 24.1 Å². The number of carbonyl (C=O) groups is 5. The highest BCUT2D eigenvalue weighted by Crippen LogP contribution is 2.37. The number of likely N-dealkylation sites (tertiary alicyclic amines) is 1. The number of anilines is 2. The Labute approximate surface area is 419 Å². The monoisotopic (exact) mass is 1000 g/mol. The maximum Gasteiger partial charge on any atom is 0.318 e. The van der Waals surface area contributed by atoms with E-state index in [0.717, 1.165) is 52.9 Å². The Bertz CT molecular complexity index is 2400. The number of hydrogen-bond donors (Lipinski definition) is 4. The summed E-state index contributed by atoms with van der Waals surface area (Å²) >= 11 is 6.79. The number of piperazine rings is 1. The lowest BCUT2D eigenvalue weighted by molar-refractivity contribution is -0.140. The van der Waals surface area contributed by atoms with Gasteiger partial charge in [-0.3, -0.25) is 48.5 Å². The summed E-state index contributed by atoms with van der Waals surface area (Å²) < 4.78 is 6.51. The minimum absolute atomic E-state index is 0.0285. The molecule has 4 N–H and O–H groups in total. The molecule has 0 spiro atoms. The fourth-order valence-corrected chi connectivity index (χ4v) is 10.4. The maximum absolute atomic E-state index is 13.5. The van der Waals surface area contributed by atoms with Crippen molar-refractivity contribution in [3.8, 4) is 6.01 Å². The molecule has 71 heavy (non-hydrogen) atoms. The van der Waals surface area contributed by atoms with Gasteiger partial charge in [0.2, 0.25) is 18.4 Å². The molecule has 1 aromatic heterocycles. The van der Waals surface area contributed by atoms with Crippen LogP contribution in [0.4, 0.5) is 11.5 Å². The van der Waals surface area contributed by atoms with Crippen molar-refractivity contribution >= 4 is 63.6 Å². The van der Waals surface area contributed by atoms with Gasteiger partial charge >= 0.3 is 23.9 Å². The summed E-state index contributed by atoms with van der Waals surface area (Å²) in [5, 5.41) is 34.4.